The van der Waals surface area contributed by atoms with E-state index in [1.54, 1.807) is 12.3 Å². The number of aromatic nitrogens is 1. The van der Waals surface area contributed by atoms with Crippen molar-refractivity contribution in [1.82, 2.24) is 4.98 Å². The molecule has 0 saturated carbocycles. The summed E-state index contributed by atoms with van der Waals surface area (Å²) in [6.07, 6.45) is 3.14. The summed E-state index contributed by atoms with van der Waals surface area (Å²) in [5.41, 5.74) is 1.82. The molecule has 2 heteroatoms. The Bertz CT molecular complexity index is 329. The van der Waals surface area contributed by atoms with Crippen LogP contribution in [0.4, 0.5) is 4.39 Å². The van der Waals surface area contributed by atoms with Crippen molar-refractivity contribution < 1.29 is 4.39 Å². The SMILES string of the molecule is C=Cc1nccc(C)c1C(=C)F. The van der Waals surface area contributed by atoms with E-state index in [0.29, 0.717) is 11.3 Å². The first kappa shape index (κ1) is 8.65. The zero-order valence-corrected chi connectivity index (χ0v) is 6.97. The van der Waals surface area contributed by atoms with Crippen LogP contribution in [0.2, 0.25) is 0 Å². The topological polar surface area (TPSA) is 12.9 Å². The maximum absolute atomic E-state index is 12.9. The first-order valence-corrected chi connectivity index (χ1v) is 3.59. The molecule has 0 atom stereocenters. The average molecular weight is 163 g/mol. The van der Waals surface area contributed by atoms with Crippen LogP contribution >= 0.6 is 0 Å². The predicted molar refractivity (Wildman–Crippen MR) is 49.2 cm³/mol. The number of hydrogen-bond acceptors (Lipinski definition) is 1. The van der Waals surface area contributed by atoms with E-state index in [-0.39, 0.29) is 0 Å². The highest BCUT2D eigenvalue weighted by atomic mass is 19.1. The Hall–Kier alpha value is -1.44. The zero-order valence-electron chi connectivity index (χ0n) is 6.97. The van der Waals surface area contributed by atoms with E-state index >= 15 is 0 Å². The molecule has 0 aliphatic carbocycles. The van der Waals surface area contributed by atoms with Crippen LogP contribution in [0.3, 0.4) is 0 Å². The van der Waals surface area contributed by atoms with Crippen molar-refractivity contribution in [2.45, 2.75) is 6.92 Å². The zero-order chi connectivity index (χ0) is 9.14. The monoisotopic (exact) mass is 163 g/mol. The molecule has 0 N–H and O–H groups in total. The second-order valence-electron chi connectivity index (χ2n) is 2.50. The molecule has 1 heterocycles. The lowest BCUT2D eigenvalue weighted by Gasteiger charge is -2.04. The van der Waals surface area contributed by atoms with E-state index < -0.39 is 5.83 Å². The molecule has 0 radical (unpaired) electrons. The molecule has 0 unspecified atom stereocenters. The Kier molecular flexibility index (Phi) is 2.38. The van der Waals surface area contributed by atoms with Crippen molar-refractivity contribution in [3.8, 4) is 0 Å². The average Bonchev–Trinajstić information content (AvgIpc) is 2.03. The molecule has 0 fully saturated rings. The fourth-order valence-electron chi connectivity index (χ4n) is 1.09. The minimum atomic E-state index is -0.462. The van der Waals surface area contributed by atoms with Gasteiger partial charge in [0.15, 0.2) is 0 Å². The van der Waals surface area contributed by atoms with Gasteiger partial charge in [-0.2, -0.15) is 0 Å². The van der Waals surface area contributed by atoms with Gasteiger partial charge in [0.1, 0.15) is 5.83 Å². The number of hydrogen-bond donors (Lipinski definition) is 0. The molecule has 0 aliphatic heterocycles. The van der Waals surface area contributed by atoms with E-state index in [1.807, 2.05) is 6.92 Å². The Morgan fingerprint density at radius 2 is 2.33 bits per heavy atom. The standard InChI is InChI=1S/C10H10FN/c1-4-9-10(8(3)11)7(2)5-6-12-9/h4-6H,1,3H2,2H3. The Balaban J connectivity index is 3.39. The number of pyridine rings is 1. The second-order valence-corrected chi connectivity index (χ2v) is 2.50. The minimum absolute atomic E-state index is 0.451. The molecule has 0 saturated heterocycles. The summed E-state index contributed by atoms with van der Waals surface area (Å²) >= 11 is 0. The lowest BCUT2D eigenvalue weighted by molar-refractivity contribution is 0.760. The van der Waals surface area contributed by atoms with E-state index in [4.69, 9.17) is 0 Å². The second kappa shape index (κ2) is 3.30. The van der Waals surface area contributed by atoms with Gasteiger partial charge in [-0.1, -0.05) is 13.2 Å². The minimum Gasteiger partial charge on any atom is -0.256 e. The van der Waals surface area contributed by atoms with Gasteiger partial charge >= 0.3 is 0 Å². The van der Waals surface area contributed by atoms with Gasteiger partial charge in [-0.05, 0) is 24.6 Å². The van der Waals surface area contributed by atoms with Crippen LogP contribution in [0.25, 0.3) is 11.9 Å². The van der Waals surface area contributed by atoms with Crippen LogP contribution in [0.5, 0.6) is 0 Å². The van der Waals surface area contributed by atoms with Gasteiger partial charge < -0.3 is 0 Å². The molecule has 1 rings (SSSR count). The molecular weight excluding hydrogens is 153 g/mol. The summed E-state index contributed by atoms with van der Waals surface area (Å²) in [7, 11) is 0. The molecule has 1 aromatic heterocycles. The quantitative estimate of drug-likeness (QED) is 0.653. The van der Waals surface area contributed by atoms with Crippen molar-refractivity contribution in [2.24, 2.45) is 0 Å². The molecule has 0 aromatic carbocycles. The van der Waals surface area contributed by atoms with Crippen LogP contribution in [0, 0.1) is 6.92 Å². The highest BCUT2D eigenvalue weighted by Gasteiger charge is 2.06. The van der Waals surface area contributed by atoms with E-state index in [1.165, 1.54) is 6.08 Å². The number of rotatable bonds is 2. The number of halogens is 1. The van der Waals surface area contributed by atoms with Crippen LogP contribution in [0.1, 0.15) is 16.8 Å². The van der Waals surface area contributed by atoms with Crippen LogP contribution < -0.4 is 0 Å². The summed E-state index contributed by atoms with van der Waals surface area (Å²) in [6.45, 7) is 8.60. The van der Waals surface area contributed by atoms with Crippen LogP contribution in [-0.4, -0.2) is 4.98 Å². The first-order valence-electron chi connectivity index (χ1n) is 3.59. The largest absolute Gasteiger partial charge is 0.256 e. The molecule has 12 heavy (non-hydrogen) atoms. The van der Waals surface area contributed by atoms with Gasteiger partial charge in [0.2, 0.25) is 0 Å². The summed E-state index contributed by atoms with van der Waals surface area (Å²) in [4.78, 5) is 3.96. The van der Waals surface area contributed by atoms with Crippen LogP contribution in [-0.2, 0) is 0 Å². The van der Waals surface area contributed by atoms with Gasteiger partial charge in [-0.15, -0.1) is 0 Å². The van der Waals surface area contributed by atoms with Gasteiger partial charge in [0.25, 0.3) is 0 Å². The summed E-state index contributed by atoms with van der Waals surface area (Å²) < 4.78 is 12.9. The fourth-order valence-corrected chi connectivity index (χ4v) is 1.09. The molecule has 0 spiro atoms. The van der Waals surface area contributed by atoms with Gasteiger partial charge in [-0.25, -0.2) is 4.39 Å². The van der Waals surface area contributed by atoms with E-state index in [0.717, 1.165) is 5.56 Å². The molecule has 62 valence electrons. The number of aryl methyl sites for hydroxylation is 1. The van der Waals surface area contributed by atoms with E-state index in [9.17, 15) is 4.39 Å². The van der Waals surface area contributed by atoms with Crippen molar-refractivity contribution in [2.75, 3.05) is 0 Å². The molecule has 0 amide bonds. The third-order valence-electron chi connectivity index (χ3n) is 1.65. The van der Waals surface area contributed by atoms with Crippen LogP contribution in [0.15, 0.2) is 25.4 Å². The van der Waals surface area contributed by atoms with Gasteiger partial charge in [0, 0.05) is 11.8 Å². The lowest BCUT2D eigenvalue weighted by atomic mass is 10.1. The molecular formula is C10H10FN. The van der Waals surface area contributed by atoms with Crippen molar-refractivity contribution >= 4 is 11.9 Å². The highest BCUT2D eigenvalue weighted by molar-refractivity contribution is 5.68. The maximum Gasteiger partial charge on any atom is 0.125 e. The van der Waals surface area contributed by atoms with Crippen molar-refractivity contribution in [1.29, 1.82) is 0 Å². The summed E-state index contributed by atoms with van der Waals surface area (Å²) in [6, 6.07) is 1.74. The normalized spacial score (nSPS) is 9.50. The Morgan fingerprint density at radius 1 is 1.67 bits per heavy atom. The van der Waals surface area contributed by atoms with Crippen molar-refractivity contribution in [3.05, 3.63) is 42.2 Å². The number of nitrogens with zero attached hydrogens (tertiary/aromatic N) is 1. The highest BCUT2D eigenvalue weighted by Crippen LogP contribution is 2.21. The Labute approximate surface area is 71.3 Å². The van der Waals surface area contributed by atoms with E-state index in [2.05, 4.69) is 18.1 Å². The third kappa shape index (κ3) is 1.42. The smallest absolute Gasteiger partial charge is 0.125 e. The molecule has 0 aliphatic rings. The molecule has 0 bridgehead atoms. The maximum atomic E-state index is 12.9. The summed E-state index contributed by atoms with van der Waals surface area (Å²) in [5, 5.41) is 0. The molecule has 1 nitrogen and oxygen atoms in total. The van der Waals surface area contributed by atoms with Gasteiger partial charge in [-0.3, -0.25) is 4.98 Å². The lowest BCUT2D eigenvalue weighted by Crippen LogP contribution is -1.91. The Morgan fingerprint density at radius 3 is 2.75 bits per heavy atom. The predicted octanol–water partition coefficient (Wildman–Crippen LogP) is 2.97. The van der Waals surface area contributed by atoms with Crippen molar-refractivity contribution in [3.63, 3.8) is 0 Å². The fraction of sp³-hybridized carbons (Fsp3) is 0.100. The third-order valence-corrected chi connectivity index (χ3v) is 1.65. The van der Waals surface area contributed by atoms with Gasteiger partial charge in [0.05, 0.1) is 5.69 Å². The first-order chi connectivity index (χ1) is 5.66. The summed E-state index contributed by atoms with van der Waals surface area (Å²) in [5.74, 6) is -0.462. The molecule has 1 aromatic rings.